The van der Waals surface area contributed by atoms with Gasteiger partial charge in [-0.1, -0.05) is 18.2 Å². The van der Waals surface area contributed by atoms with Gasteiger partial charge < -0.3 is 5.11 Å². The van der Waals surface area contributed by atoms with E-state index in [4.69, 9.17) is 0 Å². The van der Waals surface area contributed by atoms with Gasteiger partial charge in [0.25, 0.3) is 0 Å². The number of hydrogen-bond donors (Lipinski definition) is 1. The van der Waals surface area contributed by atoms with Crippen LogP contribution in [0, 0.1) is 0 Å². The van der Waals surface area contributed by atoms with Crippen molar-refractivity contribution in [1.82, 2.24) is 15.0 Å². The van der Waals surface area contributed by atoms with Crippen molar-refractivity contribution in [3.63, 3.8) is 0 Å². The molecule has 0 unspecified atom stereocenters. The molecule has 0 aliphatic heterocycles. The Bertz CT molecular complexity index is 1110. The van der Waals surface area contributed by atoms with Gasteiger partial charge in [0.15, 0.2) is 5.82 Å². The Kier molecular flexibility index (Phi) is 4.37. The molecule has 3 heterocycles. The summed E-state index contributed by atoms with van der Waals surface area (Å²) in [5, 5.41) is 11.4. The average molecular weight is 387 g/mol. The first-order chi connectivity index (χ1) is 13.0. The molecule has 0 aliphatic rings. The number of aliphatic hydroxyl groups excluding tert-OH is 1. The molecule has 4 rings (SSSR count). The topological polar surface area (TPSA) is 58.9 Å². The maximum Gasteiger partial charge on any atom is 0.416 e. The van der Waals surface area contributed by atoms with Crippen molar-refractivity contribution in [2.24, 2.45) is 0 Å². The molecule has 27 heavy (non-hydrogen) atoms. The molecular weight excluding hydrogens is 375 g/mol. The summed E-state index contributed by atoms with van der Waals surface area (Å²) in [6, 6.07) is 10.4. The molecule has 0 amide bonds. The third-order valence-corrected chi connectivity index (χ3v) is 5.05. The molecule has 4 aromatic rings. The second-order valence-corrected chi connectivity index (χ2v) is 6.65. The van der Waals surface area contributed by atoms with Crippen LogP contribution in [0.15, 0.2) is 54.0 Å². The second kappa shape index (κ2) is 6.71. The van der Waals surface area contributed by atoms with Crippen LogP contribution in [-0.2, 0) is 12.8 Å². The molecule has 0 spiro atoms. The Morgan fingerprint density at radius 2 is 1.89 bits per heavy atom. The molecule has 0 radical (unpaired) electrons. The summed E-state index contributed by atoms with van der Waals surface area (Å²) in [5.74, 6) is 0.318. The first-order valence-corrected chi connectivity index (χ1v) is 8.83. The Balaban J connectivity index is 1.93. The Morgan fingerprint density at radius 1 is 1.04 bits per heavy atom. The van der Waals surface area contributed by atoms with Gasteiger partial charge in [0.1, 0.15) is 5.69 Å². The van der Waals surface area contributed by atoms with E-state index >= 15 is 0 Å². The van der Waals surface area contributed by atoms with Crippen LogP contribution in [0.4, 0.5) is 13.2 Å². The van der Waals surface area contributed by atoms with Crippen molar-refractivity contribution in [3.05, 3.63) is 65.3 Å². The number of fused-ring (bicyclic) bond motifs is 1. The van der Waals surface area contributed by atoms with Crippen molar-refractivity contribution in [2.75, 3.05) is 0 Å². The Morgan fingerprint density at radius 3 is 2.59 bits per heavy atom. The van der Waals surface area contributed by atoms with Crippen molar-refractivity contribution in [1.29, 1.82) is 0 Å². The molecule has 4 nitrogen and oxygen atoms in total. The lowest BCUT2D eigenvalue weighted by molar-refractivity contribution is -0.137. The van der Waals surface area contributed by atoms with Crippen LogP contribution in [0.25, 0.3) is 32.9 Å². The lowest BCUT2D eigenvalue weighted by atomic mass is 10.0. The van der Waals surface area contributed by atoms with Crippen LogP contribution in [0.3, 0.4) is 0 Å². The van der Waals surface area contributed by atoms with E-state index in [1.807, 2.05) is 0 Å². The summed E-state index contributed by atoms with van der Waals surface area (Å²) in [5.41, 5.74) is 1.69. The molecule has 0 saturated heterocycles. The van der Waals surface area contributed by atoms with Crippen molar-refractivity contribution in [3.8, 4) is 22.6 Å². The van der Waals surface area contributed by atoms with Gasteiger partial charge in [-0.05, 0) is 29.8 Å². The fraction of sp³-hybridized carbons (Fsp3) is 0.105. The summed E-state index contributed by atoms with van der Waals surface area (Å²) in [7, 11) is 0. The molecule has 0 aliphatic carbocycles. The van der Waals surface area contributed by atoms with E-state index in [9.17, 15) is 18.3 Å². The molecule has 8 heteroatoms. The normalized spacial score (nSPS) is 11.9. The van der Waals surface area contributed by atoms with Gasteiger partial charge in [-0.2, -0.15) is 13.2 Å². The number of thiophene rings is 1. The second-order valence-electron chi connectivity index (χ2n) is 5.77. The average Bonchev–Trinajstić information content (AvgIpc) is 3.11. The quantitative estimate of drug-likeness (QED) is 0.541. The zero-order valence-corrected chi connectivity index (χ0v) is 14.6. The largest absolute Gasteiger partial charge is 0.416 e. The predicted octanol–water partition coefficient (Wildman–Crippen LogP) is 4.93. The minimum Gasteiger partial charge on any atom is -0.390 e. The number of aliphatic hydroxyl groups is 1. The maximum atomic E-state index is 13.1. The minimum atomic E-state index is -4.42. The first-order valence-electron chi connectivity index (χ1n) is 7.95. The van der Waals surface area contributed by atoms with E-state index < -0.39 is 11.7 Å². The number of nitrogens with zero attached hydrogens (tertiary/aromatic N) is 3. The van der Waals surface area contributed by atoms with E-state index in [1.54, 1.807) is 35.8 Å². The molecule has 0 fully saturated rings. The molecule has 1 aromatic carbocycles. The van der Waals surface area contributed by atoms with E-state index in [2.05, 4.69) is 15.0 Å². The monoisotopic (exact) mass is 387 g/mol. The van der Waals surface area contributed by atoms with Gasteiger partial charge in [0.05, 0.1) is 28.1 Å². The van der Waals surface area contributed by atoms with Gasteiger partial charge in [-0.3, -0.25) is 4.98 Å². The molecule has 0 saturated carbocycles. The molecule has 0 atom stereocenters. The zero-order chi connectivity index (χ0) is 19.0. The predicted molar refractivity (Wildman–Crippen MR) is 97.0 cm³/mol. The van der Waals surface area contributed by atoms with Crippen LogP contribution < -0.4 is 0 Å². The lowest BCUT2D eigenvalue weighted by Crippen LogP contribution is -2.04. The van der Waals surface area contributed by atoms with Crippen LogP contribution in [0.5, 0.6) is 0 Å². The summed E-state index contributed by atoms with van der Waals surface area (Å²) in [6.07, 6.45) is -2.82. The molecule has 3 aromatic heterocycles. The highest BCUT2D eigenvalue weighted by Crippen LogP contribution is 2.38. The number of benzene rings is 1. The highest BCUT2D eigenvalue weighted by Gasteiger charge is 2.30. The highest BCUT2D eigenvalue weighted by molar-refractivity contribution is 7.17. The highest BCUT2D eigenvalue weighted by atomic mass is 32.1. The van der Waals surface area contributed by atoms with Crippen molar-refractivity contribution < 1.29 is 18.3 Å². The van der Waals surface area contributed by atoms with Crippen LogP contribution in [-0.4, -0.2) is 20.1 Å². The van der Waals surface area contributed by atoms with Gasteiger partial charge in [-0.25, -0.2) is 9.97 Å². The first kappa shape index (κ1) is 17.6. The Hall–Kier alpha value is -2.84. The summed E-state index contributed by atoms with van der Waals surface area (Å²) >= 11 is 1.29. The lowest BCUT2D eigenvalue weighted by Gasteiger charge is -2.09. The number of halogens is 3. The molecule has 1 N–H and O–H groups in total. The van der Waals surface area contributed by atoms with Crippen LogP contribution >= 0.6 is 11.3 Å². The maximum absolute atomic E-state index is 13.1. The van der Waals surface area contributed by atoms with Crippen molar-refractivity contribution in [2.45, 2.75) is 12.8 Å². The van der Waals surface area contributed by atoms with E-state index in [0.717, 1.165) is 12.1 Å². The number of aromatic nitrogens is 3. The van der Waals surface area contributed by atoms with E-state index in [1.165, 1.54) is 17.4 Å². The SMILES string of the molecule is OCc1nc(-c2ccccn2)nc2c(-c3cccc(C(F)(F)F)c3)csc12. The van der Waals surface area contributed by atoms with E-state index in [-0.39, 0.29) is 6.61 Å². The molecule has 0 bridgehead atoms. The van der Waals surface area contributed by atoms with E-state index in [0.29, 0.717) is 38.6 Å². The van der Waals surface area contributed by atoms with Gasteiger partial charge >= 0.3 is 6.18 Å². The number of rotatable bonds is 3. The van der Waals surface area contributed by atoms with Gasteiger partial charge in [-0.15, -0.1) is 11.3 Å². The summed E-state index contributed by atoms with van der Waals surface area (Å²) in [6.45, 7) is -0.304. The van der Waals surface area contributed by atoms with Gasteiger partial charge in [0.2, 0.25) is 0 Å². The standard InChI is InChI=1S/C19H12F3N3OS/c20-19(21,22)12-5-3-4-11(8-12)13-10-27-17-15(9-26)24-18(25-16(13)17)14-6-1-2-7-23-14/h1-8,10,26H,9H2. The third-order valence-electron chi connectivity index (χ3n) is 4.03. The summed E-state index contributed by atoms with van der Waals surface area (Å²) < 4.78 is 39.8. The zero-order valence-electron chi connectivity index (χ0n) is 13.7. The Labute approximate surface area is 156 Å². The fourth-order valence-corrected chi connectivity index (χ4v) is 3.76. The van der Waals surface area contributed by atoms with Crippen LogP contribution in [0.1, 0.15) is 11.3 Å². The smallest absolute Gasteiger partial charge is 0.390 e. The van der Waals surface area contributed by atoms with Crippen molar-refractivity contribution >= 4 is 21.6 Å². The number of hydrogen-bond acceptors (Lipinski definition) is 5. The summed E-state index contributed by atoms with van der Waals surface area (Å²) in [4.78, 5) is 13.1. The number of pyridine rings is 1. The minimum absolute atomic E-state index is 0.304. The third kappa shape index (κ3) is 3.29. The van der Waals surface area contributed by atoms with Crippen LogP contribution in [0.2, 0.25) is 0 Å². The molecular formula is C19H12F3N3OS. The number of alkyl halides is 3. The van der Waals surface area contributed by atoms with Gasteiger partial charge in [0, 0.05) is 17.1 Å². The molecule has 136 valence electrons. The fourth-order valence-electron chi connectivity index (χ4n) is 2.76.